The van der Waals surface area contributed by atoms with Crippen LogP contribution in [0.2, 0.25) is 0 Å². The Labute approximate surface area is 139 Å². The van der Waals surface area contributed by atoms with Gasteiger partial charge < -0.3 is 9.15 Å². The molecule has 0 radical (unpaired) electrons. The third-order valence-electron chi connectivity index (χ3n) is 3.89. The molecule has 0 amide bonds. The van der Waals surface area contributed by atoms with E-state index in [4.69, 9.17) is 9.15 Å². The molecule has 0 spiro atoms. The van der Waals surface area contributed by atoms with E-state index in [-0.39, 0.29) is 17.5 Å². The number of hydrogen-bond acceptors (Lipinski definition) is 4. The smallest absolute Gasteiger partial charge is 0.344 e. The second kappa shape index (κ2) is 6.32. The quantitative estimate of drug-likeness (QED) is 0.409. The van der Waals surface area contributed by atoms with Crippen LogP contribution < -0.4 is 10.4 Å². The fraction of sp³-hybridized carbons (Fsp3) is 0.200. The Kier molecular flexibility index (Phi) is 4.21. The highest BCUT2D eigenvalue weighted by atomic mass is 16.5. The maximum Gasteiger partial charge on any atom is 0.344 e. The van der Waals surface area contributed by atoms with Crippen LogP contribution in [-0.4, -0.2) is 5.97 Å². The predicted octanol–water partition coefficient (Wildman–Crippen LogP) is 4.33. The number of esters is 1. The van der Waals surface area contributed by atoms with Gasteiger partial charge in [0, 0.05) is 5.39 Å². The molecule has 0 atom stereocenters. The highest BCUT2D eigenvalue weighted by molar-refractivity contribution is 5.88. The first-order chi connectivity index (χ1) is 11.5. The normalized spacial score (nSPS) is 11.0. The van der Waals surface area contributed by atoms with Gasteiger partial charge in [-0.25, -0.2) is 4.79 Å². The van der Waals surface area contributed by atoms with Gasteiger partial charge in [0.1, 0.15) is 11.3 Å². The highest BCUT2D eigenvalue weighted by Crippen LogP contribution is 2.29. The first-order valence-corrected chi connectivity index (χ1v) is 7.82. The summed E-state index contributed by atoms with van der Waals surface area (Å²) in [4.78, 5) is 24.1. The summed E-state index contributed by atoms with van der Waals surface area (Å²) >= 11 is 0. The van der Waals surface area contributed by atoms with Crippen LogP contribution in [-0.2, 0) is 4.79 Å². The maximum absolute atomic E-state index is 12.4. The van der Waals surface area contributed by atoms with Crippen molar-refractivity contribution < 1.29 is 13.9 Å². The molecule has 24 heavy (non-hydrogen) atoms. The largest absolute Gasteiger partial charge is 0.426 e. The molecule has 1 heterocycles. The van der Waals surface area contributed by atoms with Crippen molar-refractivity contribution in [3.63, 3.8) is 0 Å². The van der Waals surface area contributed by atoms with E-state index in [0.717, 1.165) is 16.5 Å². The fourth-order valence-electron chi connectivity index (χ4n) is 2.57. The Balaban J connectivity index is 2.15. The van der Waals surface area contributed by atoms with Crippen LogP contribution in [0.3, 0.4) is 0 Å². The molecule has 0 aliphatic carbocycles. The Hall–Kier alpha value is -2.88. The van der Waals surface area contributed by atoms with E-state index in [0.29, 0.717) is 16.9 Å². The molecular formula is C20H18O4. The third-order valence-corrected chi connectivity index (χ3v) is 3.89. The molecule has 0 bridgehead atoms. The number of carbonyl (C=O) groups is 1. The predicted molar refractivity (Wildman–Crippen MR) is 93.1 cm³/mol. The van der Waals surface area contributed by atoms with Crippen molar-refractivity contribution in [1.82, 2.24) is 0 Å². The summed E-state index contributed by atoms with van der Waals surface area (Å²) in [6.07, 6.45) is 0. The van der Waals surface area contributed by atoms with Crippen molar-refractivity contribution >= 4 is 16.9 Å². The molecule has 3 rings (SSSR count). The molecule has 4 nitrogen and oxygen atoms in total. The number of aryl methyl sites for hydroxylation is 1. The van der Waals surface area contributed by atoms with Gasteiger partial charge in [0.15, 0.2) is 0 Å². The van der Waals surface area contributed by atoms with Gasteiger partial charge in [-0.2, -0.15) is 0 Å². The summed E-state index contributed by atoms with van der Waals surface area (Å²) in [5.41, 5.74) is 2.22. The van der Waals surface area contributed by atoms with Gasteiger partial charge in [0.05, 0.1) is 11.5 Å². The maximum atomic E-state index is 12.4. The first-order valence-electron chi connectivity index (χ1n) is 7.82. The SMILES string of the molecule is Cc1c(-c2ccccc2)c(=O)oc2ccc(OC(=O)C(C)C)cc12. The Morgan fingerprint density at radius 3 is 2.46 bits per heavy atom. The van der Waals surface area contributed by atoms with Gasteiger partial charge in [-0.05, 0) is 36.2 Å². The molecular weight excluding hydrogens is 304 g/mol. The molecule has 3 aromatic rings. The second-order valence-electron chi connectivity index (χ2n) is 5.99. The number of fused-ring (bicyclic) bond motifs is 1. The Morgan fingerprint density at radius 1 is 1.08 bits per heavy atom. The molecule has 0 aliphatic rings. The first kappa shape index (κ1) is 16.0. The van der Waals surface area contributed by atoms with E-state index < -0.39 is 0 Å². The van der Waals surface area contributed by atoms with E-state index in [1.165, 1.54) is 0 Å². The van der Waals surface area contributed by atoms with Gasteiger partial charge in [-0.3, -0.25) is 4.79 Å². The van der Waals surface area contributed by atoms with Gasteiger partial charge in [-0.1, -0.05) is 44.2 Å². The summed E-state index contributed by atoms with van der Waals surface area (Å²) in [6, 6.07) is 14.4. The van der Waals surface area contributed by atoms with Crippen LogP contribution >= 0.6 is 0 Å². The zero-order valence-electron chi connectivity index (χ0n) is 13.8. The van der Waals surface area contributed by atoms with Crippen LogP contribution in [0.4, 0.5) is 0 Å². The monoisotopic (exact) mass is 322 g/mol. The van der Waals surface area contributed by atoms with Crippen molar-refractivity contribution in [2.24, 2.45) is 5.92 Å². The minimum absolute atomic E-state index is 0.213. The number of rotatable bonds is 3. The molecule has 0 unspecified atom stereocenters. The Morgan fingerprint density at radius 2 is 1.79 bits per heavy atom. The lowest BCUT2D eigenvalue weighted by Crippen LogP contribution is -2.14. The van der Waals surface area contributed by atoms with Gasteiger partial charge in [0.25, 0.3) is 0 Å². The molecule has 0 saturated carbocycles. The lowest BCUT2D eigenvalue weighted by Gasteiger charge is -2.10. The van der Waals surface area contributed by atoms with Crippen molar-refractivity contribution in [3.8, 4) is 16.9 Å². The summed E-state index contributed by atoms with van der Waals surface area (Å²) in [5, 5.41) is 0.752. The zero-order chi connectivity index (χ0) is 17.3. The third kappa shape index (κ3) is 2.95. The van der Waals surface area contributed by atoms with Crippen LogP contribution in [0.1, 0.15) is 19.4 Å². The molecule has 4 heteroatoms. The average molecular weight is 322 g/mol. The van der Waals surface area contributed by atoms with Crippen molar-refractivity contribution in [3.05, 3.63) is 64.5 Å². The lowest BCUT2D eigenvalue weighted by molar-refractivity contribution is -0.137. The number of carbonyl (C=O) groups excluding carboxylic acids is 1. The van der Waals surface area contributed by atoms with Crippen LogP contribution in [0.15, 0.2) is 57.7 Å². The molecule has 1 aromatic heterocycles. The molecule has 0 aliphatic heterocycles. The van der Waals surface area contributed by atoms with E-state index >= 15 is 0 Å². The standard InChI is InChI=1S/C20H18O4/c1-12(2)19(21)23-15-9-10-17-16(11-15)13(3)18(20(22)24-17)14-7-5-4-6-8-14/h4-12H,1-3H3. The molecule has 122 valence electrons. The molecule has 0 N–H and O–H groups in total. The van der Waals surface area contributed by atoms with Gasteiger partial charge in [-0.15, -0.1) is 0 Å². The van der Waals surface area contributed by atoms with Crippen molar-refractivity contribution in [2.75, 3.05) is 0 Å². The van der Waals surface area contributed by atoms with Crippen molar-refractivity contribution in [2.45, 2.75) is 20.8 Å². The van der Waals surface area contributed by atoms with Crippen LogP contribution in [0.25, 0.3) is 22.1 Å². The van der Waals surface area contributed by atoms with Crippen molar-refractivity contribution in [1.29, 1.82) is 0 Å². The van der Waals surface area contributed by atoms with Gasteiger partial charge in [0.2, 0.25) is 0 Å². The zero-order valence-corrected chi connectivity index (χ0v) is 13.8. The van der Waals surface area contributed by atoms with E-state index in [1.807, 2.05) is 37.3 Å². The Bertz CT molecular complexity index is 953. The van der Waals surface area contributed by atoms with E-state index in [9.17, 15) is 9.59 Å². The summed E-state index contributed by atoms with van der Waals surface area (Å²) < 4.78 is 10.8. The lowest BCUT2D eigenvalue weighted by atomic mass is 9.99. The molecule has 0 saturated heterocycles. The molecule has 0 fully saturated rings. The summed E-state index contributed by atoms with van der Waals surface area (Å²) in [6.45, 7) is 5.43. The van der Waals surface area contributed by atoms with E-state index in [1.54, 1.807) is 32.0 Å². The van der Waals surface area contributed by atoms with Crippen LogP contribution in [0, 0.1) is 12.8 Å². The van der Waals surface area contributed by atoms with E-state index in [2.05, 4.69) is 0 Å². The molecule has 2 aromatic carbocycles. The average Bonchev–Trinajstić information content (AvgIpc) is 2.56. The van der Waals surface area contributed by atoms with Crippen LogP contribution in [0.5, 0.6) is 5.75 Å². The number of hydrogen-bond donors (Lipinski definition) is 0. The topological polar surface area (TPSA) is 56.5 Å². The number of ether oxygens (including phenoxy) is 1. The minimum Gasteiger partial charge on any atom is -0.426 e. The summed E-state index contributed by atoms with van der Waals surface area (Å²) in [7, 11) is 0. The minimum atomic E-state index is -0.377. The van der Waals surface area contributed by atoms with Gasteiger partial charge >= 0.3 is 11.6 Å². The number of benzene rings is 2. The second-order valence-corrected chi connectivity index (χ2v) is 5.99. The highest BCUT2D eigenvalue weighted by Gasteiger charge is 2.15. The summed E-state index contributed by atoms with van der Waals surface area (Å²) in [5.74, 6) is -0.0693. The fourth-order valence-corrected chi connectivity index (χ4v) is 2.57.